The fourth-order valence-electron chi connectivity index (χ4n) is 6.36. The Hall–Kier alpha value is -1.16. The molecule has 1 fully saturated rings. The van der Waals surface area contributed by atoms with Gasteiger partial charge in [-0.2, -0.15) is 0 Å². The molecule has 268 valence electrons. The van der Waals surface area contributed by atoms with Crippen LogP contribution in [0.5, 0.6) is 0 Å². The third-order valence-corrected chi connectivity index (χ3v) is 9.30. The molecule has 0 aromatic heterocycles. The number of hydrogen-bond donors (Lipinski definition) is 0. The number of hydrogen-bond acceptors (Lipinski definition) is 3. The smallest absolute Gasteiger partial charge is 0.0877 e. The third-order valence-electron chi connectivity index (χ3n) is 9.30. The quantitative estimate of drug-likeness (QED) is 0.0515. The average Bonchev–Trinajstić information content (AvgIpc) is 3.04. The molecule has 1 rings (SSSR count). The maximum Gasteiger partial charge on any atom is 0.0877 e. The lowest BCUT2D eigenvalue weighted by molar-refractivity contribution is -0.168. The summed E-state index contributed by atoms with van der Waals surface area (Å²) >= 11 is 0. The van der Waals surface area contributed by atoms with Gasteiger partial charge in [0.2, 0.25) is 0 Å². The van der Waals surface area contributed by atoms with Crippen LogP contribution in [0.15, 0.2) is 48.6 Å². The minimum atomic E-state index is 0.296. The molecule has 0 amide bonds. The first-order valence-corrected chi connectivity index (χ1v) is 20.2. The summed E-state index contributed by atoms with van der Waals surface area (Å²) in [7, 11) is 4.36. The highest BCUT2D eigenvalue weighted by molar-refractivity contribution is 4.94. The molecular weight excluding hydrogens is 562 g/mol. The van der Waals surface area contributed by atoms with E-state index in [1.807, 2.05) is 0 Å². The van der Waals surface area contributed by atoms with Crippen molar-refractivity contribution in [3.05, 3.63) is 48.6 Å². The van der Waals surface area contributed by atoms with Crippen molar-refractivity contribution in [1.82, 2.24) is 4.90 Å². The van der Waals surface area contributed by atoms with Crippen molar-refractivity contribution in [3.63, 3.8) is 0 Å². The van der Waals surface area contributed by atoms with Crippen molar-refractivity contribution in [2.24, 2.45) is 5.92 Å². The van der Waals surface area contributed by atoms with Gasteiger partial charge in [-0.25, -0.2) is 0 Å². The molecule has 0 N–H and O–H groups in total. The fourth-order valence-corrected chi connectivity index (χ4v) is 6.36. The van der Waals surface area contributed by atoms with Gasteiger partial charge in [-0.3, -0.25) is 0 Å². The van der Waals surface area contributed by atoms with E-state index in [-0.39, 0.29) is 0 Å². The summed E-state index contributed by atoms with van der Waals surface area (Å²) in [6, 6.07) is 0. The first-order chi connectivity index (χ1) is 22.7. The van der Waals surface area contributed by atoms with Gasteiger partial charge in [0.25, 0.3) is 0 Å². The van der Waals surface area contributed by atoms with Crippen molar-refractivity contribution < 1.29 is 9.47 Å². The van der Waals surface area contributed by atoms with Crippen LogP contribution in [0, 0.1) is 5.92 Å². The predicted molar refractivity (Wildman–Crippen MR) is 205 cm³/mol. The molecule has 0 saturated heterocycles. The Bertz CT molecular complexity index is 739. The lowest BCUT2D eigenvalue weighted by Gasteiger charge is -2.45. The summed E-state index contributed by atoms with van der Waals surface area (Å²) in [5, 5.41) is 0. The van der Waals surface area contributed by atoms with Crippen LogP contribution in [0.4, 0.5) is 0 Å². The second-order valence-corrected chi connectivity index (χ2v) is 14.2. The normalized spacial score (nSPS) is 18.8. The molecule has 0 aliphatic heterocycles. The molecule has 0 spiro atoms. The van der Waals surface area contributed by atoms with Gasteiger partial charge < -0.3 is 14.4 Å². The zero-order valence-electron chi connectivity index (χ0n) is 31.4. The molecule has 0 aromatic rings. The van der Waals surface area contributed by atoms with E-state index in [0.717, 1.165) is 39.0 Å². The van der Waals surface area contributed by atoms with Crippen LogP contribution in [-0.4, -0.2) is 51.0 Å². The summed E-state index contributed by atoms with van der Waals surface area (Å²) < 4.78 is 12.8. The molecule has 3 atom stereocenters. The van der Waals surface area contributed by atoms with Crippen LogP contribution < -0.4 is 0 Å². The Balaban J connectivity index is 1.99. The Morgan fingerprint density at radius 2 is 0.870 bits per heavy atom. The van der Waals surface area contributed by atoms with Crippen molar-refractivity contribution in [2.45, 2.75) is 187 Å². The lowest BCUT2D eigenvalue weighted by atomic mass is 9.78. The van der Waals surface area contributed by atoms with Crippen LogP contribution >= 0.6 is 0 Å². The molecule has 0 bridgehead atoms. The summed E-state index contributed by atoms with van der Waals surface area (Å²) in [5.74, 6) is 0.625. The van der Waals surface area contributed by atoms with E-state index in [4.69, 9.17) is 9.47 Å². The highest BCUT2D eigenvalue weighted by Crippen LogP contribution is 2.34. The topological polar surface area (TPSA) is 21.7 Å². The van der Waals surface area contributed by atoms with E-state index in [0.29, 0.717) is 18.1 Å². The summed E-state index contributed by atoms with van der Waals surface area (Å²) in [4.78, 5) is 2.31. The highest BCUT2D eigenvalue weighted by Gasteiger charge is 2.42. The van der Waals surface area contributed by atoms with Crippen molar-refractivity contribution in [1.29, 1.82) is 0 Å². The number of unbranched alkanes of at least 4 members (excludes halogenated alkanes) is 18. The number of allylic oxidation sites excluding steroid dienone is 8. The summed E-state index contributed by atoms with van der Waals surface area (Å²) in [6.07, 6.45) is 51.5. The molecule has 3 nitrogen and oxygen atoms in total. The highest BCUT2D eigenvalue weighted by atomic mass is 16.5. The summed E-state index contributed by atoms with van der Waals surface area (Å²) in [6.45, 7) is 7.44. The SMILES string of the molecule is CCCCCC=CCC=CCCCCCCCCOC1CC(CN(C)C)C1OCCCCCCCCC=CCC=CCCCCC. The van der Waals surface area contributed by atoms with Crippen LogP contribution in [0.3, 0.4) is 0 Å². The zero-order valence-corrected chi connectivity index (χ0v) is 31.4. The van der Waals surface area contributed by atoms with Crippen LogP contribution in [-0.2, 0) is 9.47 Å². The number of rotatable bonds is 34. The minimum absolute atomic E-state index is 0.296. The first-order valence-electron chi connectivity index (χ1n) is 20.2. The van der Waals surface area contributed by atoms with Gasteiger partial charge in [0.05, 0.1) is 12.2 Å². The third kappa shape index (κ3) is 26.9. The average molecular weight is 642 g/mol. The lowest BCUT2D eigenvalue weighted by Crippen LogP contribution is -2.53. The molecular formula is C43H79NO2. The monoisotopic (exact) mass is 642 g/mol. The zero-order chi connectivity index (χ0) is 33.2. The van der Waals surface area contributed by atoms with Gasteiger partial charge in [0.15, 0.2) is 0 Å². The van der Waals surface area contributed by atoms with Gasteiger partial charge in [0, 0.05) is 25.7 Å². The van der Waals surface area contributed by atoms with E-state index in [1.54, 1.807) is 0 Å². The standard InChI is InChI=1S/C43H79NO2/c1-5-7-9-11-13-15-17-19-21-23-25-27-29-31-33-35-37-45-42-39-41(40-44(3)4)43(42)46-38-36-34-32-30-28-26-24-22-20-18-16-14-12-10-8-6-2/h13-16,19-22,41-43H,5-12,17-18,23-40H2,1-4H3. The van der Waals surface area contributed by atoms with Crippen molar-refractivity contribution >= 4 is 0 Å². The molecule has 0 radical (unpaired) electrons. The first kappa shape index (κ1) is 42.9. The number of ether oxygens (including phenoxy) is 2. The molecule has 0 aromatic carbocycles. The Labute approximate surface area is 288 Å². The van der Waals surface area contributed by atoms with E-state index < -0.39 is 0 Å². The predicted octanol–water partition coefficient (Wildman–Crippen LogP) is 13.0. The molecule has 3 heteroatoms. The van der Waals surface area contributed by atoms with E-state index in [1.165, 1.54) is 141 Å². The van der Waals surface area contributed by atoms with Crippen molar-refractivity contribution in [3.8, 4) is 0 Å². The maximum atomic E-state index is 6.43. The second-order valence-electron chi connectivity index (χ2n) is 14.2. The van der Waals surface area contributed by atoms with Crippen molar-refractivity contribution in [2.75, 3.05) is 33.9 Å². The number of nitrogens with zero attached hydrogens (tertiary/aromatic N) is 1. The van der Waals surface area contributed by atoms with E-state index in [9.17, 15) is 0 Å². The molecule has 0 heterocycles. The molecule has 3 unspecified atom stereocenters. The van der Waals surface area contributed by atoms with E-state index >= 15 is 0 Å². The Morgan fingerprint density at radius 1 is 0.478 bits per heavy atom. The van der Waals surface area contributed by atoms with Gasteiger partial charge in [-0.1, -0.05) is 140 Å². The van der Waals surface area contributed by atoms with Gasteiger partial charge in [-0.15, -0.1) is 0 Å². The fraction of sp³-hybridized carbons (Fsp3) is 0.814. The second kappa shape index (κ2) is 33.7. The molecule has 46 heavy (non-hydrogen) atoms. The van der Waals surface area contributed by atoms with Crippen LogP contribution in [0.1, 0.15) is 174 Å². The Morgan fingerprint density at radius 3 is 1.30 bits per heavy atom. The summed E-state index contributed by atoms with van der Waals surface area (Å²) in [5.41, 5.74) is 0. The largest absolute Gasteiger partial charge is 0.375 e. The van der Waals surface area contributed by atoms with Gasteiger partial charge in [-0.05, 0) is 97.6 Å². The van der Waals surface area contributed by atoms with Crippen LogP contribution in [0.2, 0.25) is 0 Å². The van der Waals surface area contributed by atoms with E-state index in [2.05, 4.69) is 81.5 Å². The van der Waals surface area contributed by atoms with Crippen LogP contribution in [0.25, 0.3) is 0 Å². The van der Waals surface area contributed by atoms with Gasteiger partial charge in [0.1, 0.15) is 0 Å². The Kier molecular flexibility index (Phi) is 31.4. The minimum Gasteiger partial charge on any atom is -0.375 e. The van der Waals surface area contributed by atoms with Gasteiger partial charge >= 0.3 is 0 Å². The molecule has 1 aliphatic rings. The maximum absolute atomic E-state index is 6.43. The molecule has 1 saturated carbocycles. The molecule has 1 aliphatic carbocycles.